The van der Waals surface area contributed by atoms with Crippen LogP contribution in [0, 0.1) is 52.3 Å². The first kappa shape index (κ1) is 21.0. The maximum Gasteiger partial charge on any atom is -0.00851 e. The molecule has 0 radical (unpaired) electrons. The van der Waals surface area contributed by atoms with E-state index in [9.17, 15) is 0 Å². The normalized spacial score (nSPS) is 46.5. The average Bonchev–Trinajstić information content (AvgIpc) is 2.99. The summed E-state index contributed by atoms with van der Waals surface area (Å²) in [4.78, 5) is 0. The van der Waals surface area contributed by atoms with E-state index in [-0.39, 0.29) is 0 Å². The Labute approximate surface area is 176 Å². The summed E-state index contributed by atoms with van der Waals surface area (Å²) in [6, 6.07) is 0. The molecule has 0 amide bonds. The van der Waals surface area contributed by atoms with Gasteiger partial charge in [-0.2, -0.15) is 0 Å². The first-order valence-electron chi connectivity index (χ1n) is 12.9. The van der Waals surface area contributed by atoms with Crippen molar-refractivity contribution in [3.05, 3.63) is 11.6 Å². The molecule has 1 unspecified atom stereocenters. The van der Waals surface area contributed by atoms with E-state index in [1.807, 2.05) is 5.57 Å². The summed E-state index contributed by atoms with van der Waals surface area (Å²) < 4.78 is 0. The molecule has 0 heterocycles. The molecule has 160 valence electrons. The summed E-state index contributed by atoms with van der Waals surface area (Å²) in [5.41, 5.74) is 3.06. The van der Waals surface area contributed by atoms with E-state index in [1.54, 1.807) is 0 Å². The maximum atomic E-state index is 2.75. The molecule has 8 atom stereocenters. The third kappa shape index (κ3) is 3.43. The van der Waals surface area contributed by atoms with Crippen LogP contribution in [-0.4, -0.2) is 0 Å². The molecule has 0 aromatic rings. The SMILES string of the molecule is CC(C)CCCC(C)[C@H]1CC[C@H]2[C@@H]3CC=C4C[C@@H](C)CC[C@]4(C)[C@H]3CC[C@]12C. The van der Waals surface area contributed by atoms with E-state index < -0.39 is 0 Å². The molecule has 3 fully saturated rings. The molecule has 4 aliphatic carbocycles. The van der Waals surface area contributed by atoms with E-state index in [1.165, 1.54) is 70.6 Å². The van der Waals surface area contributed by atoms with Crippen molar-refractivity contribution in [3.8, 4) is 0 Å². The van der Waals surface area contributed by atoms with Crippen LogP contribution in [0.15, 0.2) is 11.6 Å². The fourth-order valence-electron chi connectivity index (χ4n) is 8.87. The van der Waals surface area contributed by atoms with Gasteiger partial charge < -0.3 is 0 Å². The molecule has 28 heavy (non-hydrogen) atoms. The quantitative estimate of drug-likeness (QED) is 0.416. The standard InChI is InChI=1S/C28H48/c1-19(2)8-7-9-21(4)24-12-13-25-23-11-10-22-18-20(3)14-16-27(22,5)26(23)15-17-28(24,25)6/h10,19-21,23-26H,7-9,11-18H2,1-6H3/t20-,21?,23-,24+,25-,26-,27-,28+/m0/s1. The number of hydrogen-bond acceptors (Lipinski definition) is 0. The molecule has 0 spiro atoms. The molecule has 0 aromatic carbocycles. The van der Waals surface area contributed by atoms with E-state index in [4.69, 9.17) is 0 Å². The largest absolute Gasteiger partial charge is 0.0845 e. The van der Waals surface area contributed by atoms with Crippen LogP contribution in [0.1, 0.15) is 112 Å². The first-order valence-corrected chi connectivity index (χ1v) is 12.9. The highest BCUT2D eigenvalue weighted by molar-refractivity contribution is 5.25. The van der Waals surface area contributed by atoms with Crippen LogP contribution >= 0.6 is 0 Å². The van der Waals surface area contributed by atoms with Gasteiger partial charge in [0.2, 0.25) is 0 Å². The van der Waals surface area contributed by atoms with Gasteiger partial charge in [-0.15, -0.1) is 0 Å². The second kappa shape index (κ2) is 7.77. The predicted octanol–water partition coefficient (Wildman–Crippen LogP) is 8.66. The Morgan fingerprint density at radius 3 is 2.50 bits per heavy atom. The second-order valence-corrected chi connectivity index (χ2v) is 12.6. The summed E-state index contributed by atoms with van der Waals surface area (Å²) in [6.45, 7) is 15.3. The van der Waals surface area contributed by atoms with Crippen molar-refractivity contribution in [1.29, 1.82) is 0 Å². The Bertz CT molecular complexity index is 585. The van der Waals surface area contributed by atoms with Gasteiger partial charge in [0, 0.05) is 0 Å². The van der Waals surface area contributed by atoms with Crippen molar-refractivity contribution in [3.63, 3.8) is 0 Å². The van der Waals surface area contributed by atoms with Crippen molar-refractivity contribution >= 4 is 0 Å². The van der Waals surface area contributed by atoms with E-state index in [2.05, 4.69) is 47.6 Å². The molecule has 0 nitrogen and oxygen atoms in total. The second-order valence-electron chi connectivity index (χ2n) is 12.6. The number of allylic oxidation sites excluding steroid dienone is 2. The minimum absolute atomic E-state index is 0.553. The lowest BCUT2D eigenvalue weighted by atomic mass is 9.46. The molecule has 4 aliphatic rings. The van der Waals surface area contributed by atoms with Crippen molar-refractivity contribution in [1.82, 2.24) is 0 Å². The van der Waals surface area contributed by atoms with Gasteiger partial charge in [0.25, 0.3) is 0 Å². The van der Waals surface area contributed by atoms with E-state index >= 15 is 0 Å². The highest BCUT2D eigenvalue weighted by atomic mass is 14.6. The van der Waals surface area contributed by atoms with Gasteiger partial charge in [-0.25, -0.2) is 0 Å². The average molecular weight is 385 g/mol. The lowest BCUT2D eigenvalue weighted by molar-refractivity contribution is -0.0523. The Morgan fingerprint density at radius 2 is 1.75 bits per heavy atom. The van der Waals surface area contributed by atoms with Gasteiger partial charge in [-0.05, 0) is 104 Å². The highest BCUT2D eigenvalue weighted by Crippen LogP contribution is 2.67. The predicted molar refractivity (Wildman–Crippen MR) is 122 cm³/mol. The van der Waals surface area contributed by atoms with Crippen LogP contribution < -0.4 is 0 Å². The Hall–Kier alpha value is -0.260. The van der Waals surface area contributed by atoms with Crippen molar-refractivity contribution in [2.24, 2.45) is 52.3 Å². The van der Waals surface area contributed by atoms with Crippen molar-refractivity contribution < 1.29 is 0 Å². The van der Waals surface area contributed by atoms with Crippen LogP contribution in [0.4, 0.5) is 0 Å². The van der Waals surface area contributed by atoms with Crippen molar-refractivity contribution in [2.45, 2.75) is 112 Å². The van der Waals surface area contributed by atoms with Gasteiger partial charge in [0.1, 0.15) is 0 Å². The van der Waals surface area contributed by atoms with Crippen LogP contribution in [-0.2, 0) is 0 Å². The third-order valence-electron chi connectivity index (χ3n) is 10.6. The number of hydrogen-bond donors (Lipinski definition) is 0. The summed E-state index contributed by atoms with van der Waals surface area (Å²) in [5.74, 6) is 6.73. The molecule has 0 bridgehead atoms. The van der Waals surface area contributed by atoms with Gasteiger partial charge in [0.05, 0.1) is 0 Å². The third-order valence-corrected chi connectivity index (χ3v) is 10.6. The molecule has 0 saturated heterocycles. The molecule has 3 saturated carbocycles. The van der Waals surface area contributed by atoms with E-state index in [0.29, 0.717) is 10.8 Å². The van der Waals surface area contributed by atoms with Gasteiger partial charge >= 0.3 is 0 Å². The molecule has 0 N–H and O–H groups in total. The molecule has 4 rings (SSSR count). The van der Waals surface area contributed by atoms with Gasteiger partial charge in [-0.1, -0.05) is 72.5 Å². The highest BCUT2D eigenvalue weighted by Gasteiger charge is 2.58. The topological polar surface area (TPSA) is 0 Å². The summed E-state index contributed by atoms with van der Waals surface area (Å²) in [7, 11) is 0. The van der Waals surface area contributed by atoms with Crippen LogP contribution in [0.5, 0.6) is 0 Å². The maximum absolute atomic E-state index is 2.75. The first-order chi connectivity index (χ1) is 13.3. The minimum atomic E-state index is 0.553. The van der Waals surface area contributed by atoms with Crippen LogP contribution in [0.2, 0.25) is 0 Å². The zero-order valence-electron chi connectivity index (χ0n) is 19.9. The zero-order valence-corrected chi connectivity index (χ0v) is 19.9. The number of rotatable bonds is 5. The van der Waals surface area contributed by atoms with Gasteiger partial charge in [0.15, 0.2) is 0 Å². The van der Waals surface area contributed by atoms with Crippen LogP contribution in [0.25, 0.3) is 0 Å². The smallest absolute Gasteiger partial charge is 0.00851 e. The summed E-state index contributed by atoms with van der Waals surface area (Å²) in [6.07, 6.45) is 19.0. The monoisotopic (exact) mass is 384 g/mol. The Balaban J connectivity index is 1.49. The Morgan fingerprint density at radius 1 is 0.964 bits per heavy atom. The van der Waals surface area contributed by atoms with Crippen LogP contribution in [0.3, 0.4) is 0 Å². The van der Waals surface area contributed by atoms with Gasteiger partial charge in [-0.3, -0.25) is 0 Å². The lowest BCUT2D eigenvalue weighted by Crippen LogP contribution is -2.50. The summed E-state index contributed by atoms with van der Waals surface area (Å²) >= 11 is 0. The fraction of sp³-hybridized carbons (Fsp3) is 0.929. The summed E-state index contributed by atoms with van der Waals surface area (Å²) in [5, 5.41) is 0. The molecular formula is C28H48. The molecule has 0 aliphatic heterocycles. The zero-order chi connectivity index (χ0) is 20.1. The minimum Gasteiger partial charge on any atom is -0.0845 e. The van der Waals surface area contributed by atoms with Crippen molar-refractivity contribution in [2.75, 3.05) is 0 Å². The number of fused-ring (bicyclic) bond motifs is 5. The molecular weight excluding hydrogens is 336 g/mol. The fourth-order valence-corrected chi connectivity index (χ4v) is 8.87. The van der Waals surface area contributed by atoms with E-state index in [0.717, 1.165) is 41.4 Å². The molecule has 0 heteroatoms. The Kier molecular flexibility index (Phi) is 5.83. The molecule has 0 aromatic heterocycles. The lowest BCUT2D eigenvalue weighted by Gasteiger charge is -2.58.